The molecule has 0 saturated carbocycles. The molecule has 0 aliphatic rings. The van der Waals surface area contributed by atoms with Gasteiger partial charge in [0.05, 0.1) is 7.11 Å². The molecule has 70 valence electrons. The molecular formula is C11H10N2O. The van der Waals surface area contributed by atoms with Crippen molar-refractivity contribution in [1.82, 2.24) is 9.97 Å². The van der Waals surface area contributed by atoms with Gasteiger partial charge in [0.2, 0.25) is 0 Å². The monoisotopic (exact) mass is 186 g/mol. The Morgan fingerprint density at radius 3 is 2.57 bits per heavy atom. The summed E-state index contributed by atoms with van der Waals surface area (Å²) in [7, 11) is 1.64. The van der Waals surface area contributed by atoms with Crippen LogP contribution in [0, 0.1) is 0 Å². The van der Waals surface area contributed by atoms with Gasteiger partial charge in [-0.1, -0.05) is 12.1 Å². The molecule has 0 fully saturated rings. The molecule has 2 rings (SSSR count). The third kappa shape index (κ3) is 1.71. The lowest BCUT2D eigenvalue weighted by Crippen LogP contribution is -1.88. The minimum absolute atomic E-state index is 0.714. The van der Waals surface area contributed by atoms with E-state index in [1.165, 1.54) is 0 Å². The number of hydrogen-bond acceptors (Lipinski definition) is 3. The second-order valence-electron chi connectivity index (χ2n) is 2.80. The van der Waals surface area contributed by atoms with Crippen molar-refractivity contribution in [2.45, 2.75) is 0 Å². The van der Waals surface area contributed by atoms with Crippen molar-refractivity contribution in [3.63, 3.8) is 0 Å². The van der Waals surface area contributed by atoms with Crippen molar-refractivity contribution in [3.05, 3.63) is 42.7 Å². The second-order valence-corrected chi connectivity index (χ2v) is 2.80. The van der Waals surface area contributed by atoms with E-state index in [0.29, 0.717) is 5.82 Å². The lowest BCUT2D eigenvalue weighted by Gasteiger charge is -2.02. The van der Waals surface area contributed by atoms with Crippen LogP contribution in [-0.4, -0.2) is 17.1 Å². The van der Waals surface area contributed by atoms with Crippen LogP contribution in [0.25, 0.3) is 11.4 Å². The van der Waals surface area contributed by atoms with Gasteiger partial charge in [0, 0.05) is 18.0 Å². The minimum atomic E-state index is 0.714. The molecule has 0 radical (unpaired) electrons. The number of ether oxygens (including phenoxy) is 1. The van der Waals surface area contributed by atoms with Crippen LogP contribution in [0.4, 0.5) is 0 Å². The third-order valence-electron chi connectivity index (χ3n) is 1.89. The van der Waals surface area contributed by atoms with E-state index in [-0.39, 0.29) is 0 Å². The maximum atomic E-state index is 5.12. The van der Waals surface area contributed by atoms with Crippen LogP contribution in [0.1, 0.15) is 0 Å². The normalized spacial score (nSPS) is 9.79. The van der Waals surface area contributed by atoms with Gasteiger partial charge in [-0.2, -0.15) is 0 Å². The Kier molecular flexibility index (Phi) is 2.40. The SMILES string of the molecule is COc1cccc(-c2ncccn2)c1. The third-order valence-corrected chi connectivity index (χ3v) is 1.89. The molecule has 0 aliphatic heterocycles. The van der Waals surface area contributed by atoms with Crippen LogP contribution in [-0.2, 0) is 0 Å². The highest BCUT2D eigenvalue weighted by atomic mass is 16.5. The van der Waals surface area contributed by atoms with Gasteiger partial charge in [0.25, 0.3) is 0 Å². The summed E-state index contributed by atoms with van der Waals surface area (Å²) in [6.07, 6.45) is 3.45. The first kappa shape index (κ1) is 8.69. The summed E-state index contributed by atoms with van der Waals surface area (Å²) in [5.41, 5.74) is 0.963. The molecule has 0 amide bonds. The molecule has 0 unspecified atom stereocenters. The largest absolute Gasteiger partial charge is 0.497 e. The van der Waals surface area contributed by atoms with E-state index in [0.717, 1.165) is 11.3 Å². The summed E-state index contributed by atoms with van der Waals surface area (Å²) >= 11 is 0. The van der Waals surface area contributed by atoms with E-state index in [1.807, 2.05) is 24.3 Å². The molecule has 0 bridgehead atoms. The molecule has 0 spiro atoms. The minimum Gasteiger partial charge on any atom is -0.497 e. The highest BCUT2D eigenvalue weighted by Crippen LogP contribution is 2.19. The molecule has 0 aliphatic carbocycles. The summed E-state index contributed by atoms with van der Waals surface area (Å²) in [5, 5.41) is 0. The number of rotatable bonds is 2. The molecule has 1 aromatic heterocycles. The standard InChI is InChI=1S/C11H10N2O/c1-14-10-5-2-4-9(8-10)11-12-6-3-7-13-11/h2-8H,1H3. The number of hydrogen-bond donors (Lipinski definition) is 0. The molecule has 1 heterocycles. The fraction of sp³-hybridized carbons (Fsp3) is 0.0909. The van der Waals surface area contributed by atoms with Crippen molar-refractivity contribution in [3.8, 4) is 17.1 Å². The van der Waals surface area contributed by atoms with Crippen LogP contribution in [0.2, 0.25) is 0 Å². The van der Waals surface area contributed by atoms with Gasteiger partial charge >= 0.3 is 0 Å². The topological polar surface area (TPSA) is 35.0 Å². The van der Waals surface area contributed by atoms with Crippen LogP contribution < -0.4 is 4.74 Å². The Bertz CT molecular complexity index is 415. The van der Waals surface area contributed by atoms with Gasteiger partial charge in [0.1, 0.15) is 5.75 Å². The fourth-order valence-corrected chi connectivity index (χ4v) is 1.21. The smallest absolute Gasteiger partial charge is 0.159 e. The summed E-state index contributed by atoms with van der Waals surface area (Å²) in [6, 6.07) is 9.48. The quantitative estimate of drug-likeness (QED) is 0.720. The van der Waals surface area contributed by atoms with Gasteiger partial charge in [0.15, 0.2) is 5.82 Å². The van der Waals surface area contributed by atoms with Crippen molar-refractivity contribution in [2.75, 3.05) is 7.11 Å². The number of benzene rings is 1. The van der Waals surface area contributed by atoms with Gasteiger partial charge < -0.3 is 4.74 Å². The van der Waals surface area contributed by atoms with E-state index in [9.17, 15) is 0 Å². The first-order chi connectivity index (χ1) is 6.90. The van der Waals surface area contributed by atoms with Crippen molar-refractivity contribution >= 4 is 0 Å². The first-order valence-corrected chi connectivity index (χ1v) is 4.31. The fourth-order valence-electron chi connectivity index (χ4n) is 1.21. The average Bonchev–Trinajstić information content (AvgIpc) is 2.30. The van der Waals surface area contributed by atoms with E-state index < -0.39 is 0 Å². The van der Waals surface area contributed by atoms with E-state index in [1.54, 1.807) is 25.6 Å². The van der Waals surface area contributed by atoms with Gasteiger partial charge in [-0.25, -0.2) is 9.97 Å². The number of nitrogens with zero attached hydrogens (tertiary/aromatic N) is 2. The maximum Gasteiger partial charge on any atom is 0.159 e. The Morgan fingerprint density at radius 1 is 1.07 bits per heavy atom. The Balaban J connectivity index is 2.42. The average molecular weight is 186 g/mol. The summed E-state index contributed by atoms with van der Waals surface area (Å²) in [5.74, 6) is 1.53. The van der Waals surface area contributed by atoms with E-state index >= 15 is 0 Å². The molecule has 14 heavy (non-hydrogen) atoms. The summed E-state index contributed by atoms with van der Waals surface area (Å²) in [4.78, 5) is 8.32. The van der Waals surface area contributed by atoms with Crippen molar-refractivity contribution < 1.29 is 4.74 Å². The predicted molar refractivity (Wildman–Crippen MR) is 54.0 cm³/mol. The Labute approximate surface area is 82.4 Å². The summed E-state index contributed by atoms with van der Waals surface area (Å²) in [6.45, 7) is 0. The lowest BCUT2D eigenvalue weighted by molar-refractivity contribution is 0.415. The first-order valence-electron chi connectivity index (χ1n) is 4.31. The van der Waals surface area contributed by atoms with E-state index in [4.69, 9.17) is 4.74 Å². The molecular weight excluding hydrogens is 176 g/mol. The van der Waals surface area contributed by atoms with Crippen LogP contribution in [0.15, 0.2) is 42.7 Å². The van der Waals surface area contributed by atoms with Crippen molar-refractivity contribution in [1.29, 1.82) is 0 Å². The van der Waals surface area contributed by atoms with Crippen molar-refractivity contribution in [2.24, 2.45) is 0 Å². The highest BCUT2D eigenvalue weighted by Gasteiger charge is 2.00. The summed E-state index contributed by atoms with van der Waals surface area (Å²) < 4.78 is 5.12. The zero-order valence-electron chi connectivity index (χ0n) is 7.84. The van der Waals surface area contributed by atoms with Gasteiger partial charge in [-0.15, -0.1) is 0 Å². The zero-order chi connectivity index (χ0) is 9.80. The number of methoxy groups -OCH3 is 1. The molecule has 3 nitrogen and oxygen atoms in total. The molecule has 3 heteroatoms. The Morgan fingerprint density at radius 2 is 1.86 bits per heavy atom. The predicted octanol–water partition coefficient (Wildman–Crippen LogP) is 2.15. The zero-order valence-corrected chi connectivity index (χ0v) is 7.84. The maximum absolute atomic E-state index is 5.12. The lowest BCUT2D eigenvalue weighted by atomic mass is 10.2. The molecule has 0 saturated heterocycles. The van der Waals surface area contributed by atoms with E-state index in [2.05, 4.69) is 9.97 Å². The molecule has 2 aromatic rings. The van der Waals surface area contributed by atoms with Crippen LogP contribution in [0.3, 0.4) is 0 Å². The second kappa shape index (κ2) is 3.87. The molecule has 0 N–H and O–H groups in total. The van der Waals surface area contributed by atoms with Gasteiger partial charge in [-0.05, 0) is 18.2 Å². The molecule has 0 atom stereocenters. The highest BCUT2D eigenvalue weighted by molar-refractivity contribution is 5.56. The van der Waals surface area contributed by atoms with Crippen LogP contribution in [0.5, 0.6) is 5.75 Å². The number of aromatic nitrogens is 2. The molecule has 1 aromatic carbocycles. The van der Waals surface area contributed by atoms with Crippen LogP contribution >= 0.6 is 0 Å². The Hall–Kier alpha value is -1.90. The van der Waals surface area contributed by atoms with Gasteiger partial charge in [-0.3, -0.25) is 0 Å².